The van der Waals surface area contributed by atoms with E-state index in [0.29, 0.717) is 5.41 Å². The van der Waals surface area contributed by atoms with Crippen molar-refractivity contribution in [3.8, 4) is 10.4 Å². The highest BCUT2D eigenvalue weighted by atomic mass is 32.1. The van der Waals surface area contributed by atoms with Crippen LogP contribution in [0.25, 0.3) is 10.4 Å². The Kier molecular flexibility index (Phi) is 3.00. The quantitative estimate of drug-likeness (QED) is 0.873. The minimum Gasteiger partial charge on any atom is -0.319 e. The molecule has 1 nitrogen and oxygen atoms in total. The number of thiophene rings is 1. The average Bonchev–Trinajstić information content (AvgIpc) is 2.97. The summed E-state index contributed by atoms with van der Waals surface area (Å²) in [5.41, 5.74) is 3.13. The summed E-state index contributed by atoms with van der Waals surface area (Å²) in [5.74, 6) is 0. The molecule has 2 heteroatoms. The smallest absolute Gasteiger partial charge is 0.0345 e. The van der Waals surface area contributed by atoms with Gasteiger partial charge < -0.3 is 5.32 Å². The van der Waals surface area contributed by atoms with Gasteiger partial charge in [-0.3, -0.25) is 0 Å². The number of aryl methyl sites for hydroxylation is 1. The zero-order valence-corrected chi connectivity index (χ0v) is 11.8. The number of hydrogen-bond donors (Lipinski definition) is 1. The molecular formula is C16H19NS. The minimum atomic E-state index is 0.446. The molecule has 1 aromatic heterocycles. The summed E-state index contributed by atoms with van der Waals surface area (Å²) in [6.45, 7) is 3.27. The van der Waals surface area contributed by atoms with Crippen molar-refractivity contribution in [3.63, 3.8) is 0 Å². The Hall–Kier alpha value is -1.12. The van der Waals surface area contributed by atoms with Crippen LogP contribution in [0.2, 0.25) is 0 Å². The van der Waals surface area contributed by atoms with E-state index in [1.165, 1.54) is 28.8 Å². The second-order valence-electron chi connectivity index (χ2n) is 5.34. The van der Waals surface area contributed by atoms with Crippen LogP contribution in [0.4, 0.5) is 0 Å². The van der Waals surface area contributed by atoms with Gasteiger partial charge in [0.2, 0.25) is 0 Å². The van der Waals surface area contributed by atoms with Gasteiger partial charge in [-0.05, 0) is 44.5 Å². The summed E-state index contributed by atoms with van der Waals surface area (Å²) in [6, 6.07) is 13.4. The molecule has 0 amide bonds. The lowest BCUT2D eigenvalue weighted by Crippen LogP contribution is -2.22. The van der Waals surface area contributed by atoms with Gasteiger partial charge in [0.25, 0.3) is 0 Å². The SMILES string of the molecule is CNCC1(c2ccc(-c3cccc(C)c3)s2)CC1. The van der Waals surface area contributed by atoms with Gasteiger partial charge in [-0.1, -0.05) is 29.8 Å². The fourth-order valence-corrected chi connectivity index (χ4v) is 3.82. The molecule has 0 aliphatic heterocycles. The van der Waals surface area contributed by atoms with Gasteiger partial charge in [0, 0.05) is 21.7 Å². The zero-order valence-electron chi connectivity index (χ0n) is 11.0. The molecule has 3 rings (SSSR count). The first kappa shape index (κ1) is 11.9. The third-order valence-corrected chi connectivity index (χ3v) is 5.18. The van der Waals surface area contributed by atoms with Crippen molar-refractivity contribution < 1.29 is 0 Å². The molecule has 0 radical (unpaired) electrons. The topological polar surface area (TPSA) is 12.0 Å². The van der Waals surface area contributed by atoms with E-state index in [0.717, 1.165) is 6.54 Å². The summed E-state index contributed by atoms with van der Waals surface area (Å²) in [7, 11) is 2.05. The lowest BCUT2D eigenvalue weighted by molar-refractivity contribution is 0.634. The van der Waals surface area contributed by atoms with Gasteiger partial charge in [0.15, 0.2) is 0 Å². The van der Waals surface area contributed by atoms with E-state index in [-0.39, 0.29) is 0 Å². The average molecular weight is 257 g/mol. The van der Waals surface area contributed by atoms with Crippen molar-refractivity contribution in [3.05, 3.63) is 46.8 Å². The van der Waals surface area contributed by atoms with E-state index < -0.39 is 0 Å². The number of benzene rings is 1. The van der Waals surface area contributed by atoms with Gasteiger partial charge in [0.1, 0.15) is 0 Å². The first-order valence-electron chi connectivity index (χ1n) is 6.55. The molecule has 1 aliphatic rings. The number of nitrogens with one attached hydrogen (secondary N) is 1. The van der Waals surface area contributed by atoms with E-state index >= 15 is 0 Å². The molecule has 0 atom stereocenters. The van der Waals surface area contributed by atoms with Crippen molar-refractivity contribution >= 4 is 11.3 Å². The summed E-state index contributed by atoms with van der Waals surface area (Å²) < 4.78 is 0. The predicted octanol–water partition coefficient (Wildman–Crippen LogP) is 3.97. The fourth-order valence-electron chi connectivity index (χ4n) is 2.58. The maximum Gasteiger partial charge on any atom is 0.0345 e. The fraction of sp³-hybridized carbons (Fsp3) is 0.375. The van der Waals surface area contributed by atoms with Crippen molar-refractivity contribution in [2.75, 3.05) is 13.6 Å². The van der Waals surface area contributed by atoms with E-state index in [4.69, 9.17) is 0 Å². The van der Waals surface area contributed by atoms with Crippen molar-refractivity contribution in [2.45, 2.75) is 25.2 Å². The van der Waals surface area contributed by atoms with E-state index in [1.54, 1.807) is 4.88 Å². The largest absolute Gasteiger partial charge is 0.319 e. The normalized spacial score (nSPS) is 16.8. The third-order valence-electron chi connectivity index (χ3n) is 3.80. The molecule has 1 saturated carbocycles. The summed E-state index contributed by atoms with van der Waals surface area (Å²) >= 11 is 1.96. The lowest BCUT2D eigenvalue weighted by atomic mass is 10.1. The number of hydrogen-bond acceptors (Lipinski definition) is 2. The molecule has 0 saturated heterocycles. The molecule has 0 bridgehead atoms. The maximum absolute atomic E-state index is 3.33. The van der Waals surface area contributed by atoms with Crippen LogP contribution in [0, 0.1) is 6.92 Å². The van der Waals surface area contributed by atoms with Gasteiger partial charge in [-0.15, -0.1) is 11.3 Å². The maximum atomic E-state index is 3.33. The third kappa shape index (κ3) is 2.11. The number of rotatable bonds is 4. The van der Waals surface area contributed by atoms with Crippen LogP contribution in [-0.2, 0) is 5.41 Å². The lowest BCUT2D eigenvalue weighted by Gasteiger charge is -2.11. The van der Waals surface area contributed by atoms with Crippen LogP contribution in [0.5, 0.6) is 0 Å². The highest BCUT2D eigenvalue weighted by Gasteiger charge is 2.44. The summed E-state index contributed by atoms with van der Waals surface area (Å²) in [5, 5.41) is 3.33. The van der Waals surface area contributed by atoms with Crippen LogP contribution in [0.1, 0.15) is 23.3 Å². The standard InChI is InChI=1S/C16H19NS/c1-12-4-3-5-13(10-12)14-6-7-15(18-14)16(8-9-16)11-17-2/h3-7,10,17H,8-9,11H2,1-2H3. The Balaban J connectivity index is 1.90. The minimum absolute atomic E-state index is 0.446. The molecule has 1 fully saturated rings. The molecule has 94 valence electrons. The Morgan fingerprint density at radius 1 is 1.22 bits per heavy atom. The Bertz CT molecular complexity index is 552. The summed E-state index contributed by atoms with van der Waals surface area (Å²) in [6.07, 6.45) is 2.67. The second-order valence-corrected chi connectivity index (χ2v) is 6.43. The van der Waals surface area contributed by atoms with Crippen LogP contribution >= 0.6 is 11.3 Å². The van der Waals surface area contributed by atoms with Crippen molar-refractivity contribution in [1.29, 1.82) is 0 Å². The molecule has 1 aromatic carbocycles. The monoisotopic (exact) mass is 257 g/mol. The molecule has 0 unspecified atom stereocenters. The molecule has 0 spiro atoms. The molecule has 2 aromatic rings. The van der Waals surface area contributed by atoms with Crippen LogP contribution < -0.4 is 5.32 Å². The predicted molar refractivity (Wildman–Crippen MR) is 79.3 cm³/mol. The number of likely N-dealkylation sites (N-methyl/N-ethyl adjacent to an activating group) is 1. The van der Waals surface area contributed by atoms with E-state index in [1.807, 2.05) is 11.3 Å². The van der Waals surface area contributed by atoms with Gasteiger partial charge in [-0.25, -0.2) is 0 Å². The molecule has 18 heavy (non-hydrogen) atoms. The van der Waals surface area contributed by atoms with Gasteiger partial charge >= 0.3 is 0 Å². The van der Waals surface area contributed by atoms with Gasteiger partial charge in [0.05, 0.1) is 0 Å². The summed E-state index contributed by atoms with van der Waals surface area (Å²) in [4.78, 5) is 2.95. The zero-order chi connectivity index (χ0) is 12.6. The molecule has 1 aliphatic carbocycles. The van der Waals surface area contributed by atoms with Crippen LogP contribution in [0.15, 0.2) is 36.4 Å². The van der Waals surface area contributed by atoms with E-state index in [2.05, 4.69) is 55.7 Å². The van der Waals surface area contributed by atoms with Crippen LogP contribution in [-0.4, -0.2) is 13.6 Å². The van der Waals surface area contributed by atoms with Crippen LogP contribution in [0.3, 0.4) is 0 Å². The molecular weight excluding hydrogens is 238 g/mol. The van der Waals surface area contributed by atoms with E-state index in [9.17, 15) is 0 Å². The first-order chi connectivity index (χ1) is 8.73. The van der Waals surface area contributed by atoms with Crippen molar-refractivity contribution in [2.24, 2.45) is 0 Å². The molecule has 1 heterocycles. The highest BCUT2D eigenvalue weighted by Crippen LogP contribution is 2.51. The van der Waals surface area contributed by atoms with Gasteiger partial charge in [-0.2, -0.15) is 0 Å². The first-order valence-corrected chi connectivity index (χ1v) is 7.37. The Labute approximate surface area is 113 Å². The molecule has 1 N–H and O–H groups in total. The van der Waals surface area contributed by atoms with Crippen molar-refractivity contribution in [1.82, 2.24) is 5.32 Å². The highest BCUT2D eigenvalue weighted by molar-refractivity contribution is 7.15. The Morgan fingerprint density at radius 3 is 2.72 bits per heavy atom. The second kappa shape index (κ2) is 4.52. The Morgan fingerprint density at radius 2 is 2.06 bits per heavy atom.